The molecule has 0 unspecified atom stereocenters. The van der Waals surface area contributed by atoms with Gasteiger partial charge in [0.05, 0.1) is 17.0 Å². The van der Waals surface area contributed by atoms with Gasteiger partial charge in [-0.1, -0.05) is 11.6 Å². The Morgan fingerprint density at radius 2 is 1.92 bits per heavy atom. The maximum absolute atomic E-state index is 12.7. The van der Waals surface area contributed by atoms with Crippen LogP contribution in [-0.4, -0.2) is 28.0 Å². The van der Waals surface area contributed by atoms with Crippen molar-refractivity contribution in [3.05, 3.63) is 40.5 Å². The quantitative estimate of drug-likeness (QED) is 0.890. The van der Waals surface area contributed by atoms with Crippen LogP contribution in [0.25, 0.3) is 10.9 Å². The van der Waals surface area contributed by atoms with E-state index in [1.165, 1.54) is 0 Å². The second-order valence-corrected chi connectivity index (χ2v) is 6.77. The minimum absolute atomic E-state index is 0.0100. The van der Waals surface area contributed by atoms with Crippen molar-refractivity contribution in [2.45, 2.75) is 38.6 Å². The summed E-state index contributed by atoms with van der Waals surface area (Å²) in [7, 11) is 0. The van der Waals surface area contributed by atoms with Crippen molar-refractivity contribution >= 4 is 34.4 Å². The van der Waals surface area contributed by atoms with Crippen LogP contribution in [0.5, 0.6) is 0 Å². The summed E-state index contributed by atoms with van der Waals surface area (Å²) in [6.07, 6.45) is 2.57. The fourth-order valence-corrected chi connectivity index (χ4v) is 3.44. The first-order valence-electron chi connectivity index (χ1n) is 8.04. The molecule has 0 atom stereocenters. The number of aromatic nitrogens is 1. The molecule has 1 amide bonds. The molecule has 24 heavy (non-hydrogen) atoms. The highest BCUT2D eigenvalue weighted by Gasteiger charge is 2.27. The van der Waals surface area contributed by atoms with Gasteiger partial charge in [0.25, 0.3) is 5.91 Å². The monoisotopic (exact) mass is 346 g/mol. The average molecular weight is 347 g/mol. The summed E-state index contributed by atoms with van der Waals surface area (Å²) in [5, 5.41) is 13.4. The van der Waals surface area contributed by atoms with Crippen LogP contribution in [0.4, 0.5) is 0 Å². The Hall–Kier alpha value is -2.14. The first-order chi connectivity index (χ1) is 11.4. The molecule has 1 fully saturated rings. The van der Waals surface area contributed by atoms with Gasteiger partial charge in [0.15, 0.2) is 0 Å². The molecular weight excluding hydrogens is 328 g/mol. The normalized spacial score (nSPS) is 20.8. The van der Waals surface area contributed by atoms with Gasteiger partial charge in [-0.2, -0.15) is 0 Å². The number of carbonyl (C=O) groups is 2. The standard InChI is InChI=1S/C18H19ClN2O3/c1-10-8-15(14-9-12(19)4-7-16(14)20-10)17(22)21-13-5-2-11(3-6-13)18(23)24/h4,7-9,11,13H,2-3,5-6H2,1H3,(H,21,22)(H,23,24). The van der Waals surface area contributed by atoms with Gasteiger partial charge in [0, 0.05) is 22.1 Å². The average Bonchev–Trinajstić information content (AvgIpc) is 2.55. The lowest BCUT2D eigenvalue weighted by Gasteiger charge is -2.27. The fourth-order valence-electron chi connectivity index (χ4n) is 3.27. The first kappa shape index (κ1) is 16.7. The number of rotatable bonds is 3. The summed E-state index contributed by atoms with van der Waals surface area (Å²) in [5.74, 6) is -1.20. The molecule has 1 heterocycles. The molecule has 0 spiro atoms. The molecule has 0 aliphatic heterocycles. The van der Waals surface area contributed by atoms with E-state index in [9.17, 15) is 9.59 Å². The zero-order valence-corrected chi connectivity index (χ0v) is 14.1. The number of hydrogen-bond acceptors (Lipinski definition) is 3. The minimum atomic E-state index is -0.745. The van der Waals surface area contributed by atoms with E-state index in [2.05, 4.69) is 10.3 Å². The predicted octanol–water partition coefficient (Wildman–Crippen LogP) is 3.57. The number of nitrogens with one attached hydrogen (secondary N) is 1. The lowest BCUT2D eigenvalue weighted by atomic mass is 9.86. The molecule has 3 rings (SSSR count). The topological polar surface area (TPSA) is 79.3 Å². The lowest BCUT2D eigenvalue weighted by molar-refractivity contribution is -0.142. The molecule has 5 nitrogen and oxygen atoms in total. The molecule has 1 aliphatic rings. The Balaban J connectivity index is 1.79. The minimum Gasteiger partial charge on any atom is -0.481 e. The zero-order valence-electron chi connectivity index (χ0n) is 13.4. The second kappa shape index (κ2) is 6.77. The van der Waals surface area contributed by atoms with Crippen molar-refractivity contribution in [2.24, 2.45) is 5.92 Å². The molecule has 2 aromatic rings. The number of carboxylic acids is 1. The van der Waals surface area contributed by atoms with Crippen molar-refractivity contribution in [2.75, 3.05) is 0 Å². The number of fused-ring (bicyclic) bond motifs is 1. The SMILES string of the molecule is Cc1cc(C(=O)NC2CCC(C(=O)O)CC2)c2cc(Cl)ccc2n1. The van der Waals surface area contributed by atoms with Crippen molar-refractivity contribution in [1.29, 1.82) is 0 Å². The third-order valence-electron chi connectivity index (χ3n) is 4.56. The summed E-state index contributed by atoms with van der Waals surface area (Å²) >= 11 is 6.06. The predicted molar refractivity (Wildman–Crippen MR) is 92.3 cm³/mol. The van der Waals surface area contributed by atoms with E-state index in [1.807, 2.05) is 6.92 Å². The van der Waals surface area contributed by atoms with Gasteiger partial charge in [-0.15, -0.1) is 0 Å². The van der Waals surface area contributed by atoms with E-state index < -0.39 is 5.97 Å². The second-order valence-electron chi connectivity index (χ2n) is 6.33. The van der Waals surface area contributed by atoms with Gasteiger partial charge >= 0.3 is 5.97 Å². The highest BCUT2D eigenvalue weighted by atomic mass is 35.5. The van der Waals surface area contributed by atoms with Crippen LogP contribution in [0, 0.1) is 12.8 Å². The number of amides is 1. The van der Waals surface area contributed by atoms with E-state index >= 15 is 0 Å². The number of aryl methyl sites for hydroxylation is 1. The maximum Gasteiger partial charge on any atom is 0.306 e. The van der Waals surface area contributed by atoms with E-state index in [4.69, 9.17) is 16.7 Å². The molecule has 0 bridgehead atoms. The van der Waals surface area contributed by atoms with E-state index in [0.717, 1.165) is 16.6 Å². The van der Waals surface area contributed by atoms with Gasteiger partial charge < -0.3 is 10.4 Å². The third-order valence-corrected chi connectivity index (χ3v) is 4.79. The summed E-state index contributed by atoms with van der Waals surface area (Å²) in [4.78, 5) is 28.2. The summed E-state index contributed by atoms with van der Waals surface area (Å²) < 4.78 is 0. The summed E-state index contributed by atoms with van der Waals surface area (Å²) in [6, 6.07) is 7.08. The number of hydrogen-bond donors (Lipinski definition) is 2. The van der Waals surface area contributed by atoms with Crippen LogP contribution >= 0.6 is 11.6 Å². The Morgan fingerprint density at radius 3 is 2.58 bits per heavy atom. The van der Waals surface area contributed by atoms with Crippen molar-refractivity contribution < 1.29 is 14.7 Å². The highest BCUT2D eigenvalue weighted by molar-refractivity contribution is 6.31. The molecule has 0 saturated heterocycles. The van der Waals surface area contributed by atoms with Crippen molar-refractivity contribution in [1.82, 2.24) is 10.3 Å². The number of halogens is 1. The van der Waals surface area contributed by atoms with Gasteiger partial charge in [0.2, 0.25) is 0 Å². The molecule has 2 N–H and O–H groups in total. The number of carbonyl (C=O) groups excluding carboxylic acids is 1. The number of benzene rings is 1. The number of carboxylic acid groups (broad SMARTS) is 1. The Kier molecular flexibility index (Phi) is 4.71. The van der Waals surface area contributed by atoms with E-state index in [0.29, 0.717) is 36.3 Å². The van der Waals surface area contributed by atoms with E-state index in [1.54, 1.807) is 24.3 Å². The Bertz CT molecular complexity index is 798. The number of pyridine rings is 1. The molecule has 0 radical (unpaired) electrons. The van der Waals surface area contributed by atoms with Crippen LogP contribution in [-0.2, 0) is 4.79 Å². The lowest BCUT2D eigenvalue weighted by Crippen LogP contribution is -2.38. The van der Waals surface area contributed by atoms with Gasteiger partial charge in [0.1, 0.15) is 0 Å². The molecule has 1 saturated carbocycles. The molecule has 6 heteroatoms. The summed E-state index contributed by atoms with van der Waals surface area (Å²) in [5.41, 5.74) is 2.06. The summed E-state index contributed by atoms with van der Waals surface area (Å²) in [6.45, 7) is 1.85. The Morgan fingerprint density at radius 1 is 1.21 bits per heavy atom. The molecular formula is C18H19ClN2O3. The zero-order chi connectivity index (χ0) is 17.3. The third kappa shape index (κ3) is 3.51. The number of nitrogens with zero attached hydrogens (tertiary/aromatic N) is 1. The van der Waals surface area contributed by atoms with Crippen molar-refractivity contribution in [3.8, 4) is 0 Å². The van der Waals surface area contributed by atoms with Crippen molar-refractivity contribution in [3.63, 3.8) is 0 Å². The van der Waals surface area contributed by atoms with Gasteiger partial charge in [-0.3, -0.25) is 14.6 Å². The van der Waals surface area contributed by atoms with Gasteiger partial charge in [-0.25, -0.2) is 0 Å². The Labute approximate surface area is 145 Å². The van der Waals surface area contributed by atoms with Crippen LogP contribution in [0.3, 0.4) is 0 Å². The smallest absolute Gasteiger partial charge is 0.306 e. The first-order valence-corrected chi connectivity index (χ1v) is 8.42. The van der Waals surface area contributed by atoms with Crippen LogP contribution in [0.15, 0.2) is 24.3 Å². The molecule has 1 aromatic heterocycles. The highest BCUT2D eigenvalue weighted by Crippen LogP contribution is 2.26. The molecule has 1 aliphatic carbocycles. The van der Waals surface area contributed by atoms with Crippen LogP contribution in [0.2, 0.25) is 5.02 Å². The largest absolute Gasteiger partial charge is 0.481 e. The molecule has 126 valence electrons. The molecule has 1 aromatic carbocycles. The maximum atomic E-state index is 12.7. The van der Waals surface area contributed by atoms with Crippen LogP contribution < -0.4 is 5.32 Å². The number of aliphatic carboxylic acids is 1. The fraction of sp³-hybridized carbons (Fsp3) is 0.389. The van der Waals surface area contributed by atoms with Crippen LogP contribution in [0.1, 0.15) is 41.7 Å². The van der Waals surface area contributed by atoms with Gasteiger partial charge in [-0.05, 0) is 56.9 Å². The van der Waals surface area contributed by atoms with E-state index in [-0.39, 0.29) is 17.9 Å².